The number of carbonyl (C=O) groups excluding carboxylic acids is 1. The van der Waals surface area contributed by atoms with Gasteiger partial charge in [0, 0.05) is 23.3 Å². The molecular weight excluding hydrogens is 312 g/mol. The minimum atomic E-state index is -0.204. The minimum absolute atomic E-state index is 0.144. The normalized spacial score (nSPS) is 18.7. The lowest BCUT2D eigenvalue weighted by Gasteiger charge is -2.13. The summed E-state index contributed by atoms with van der Waals surface area (Å²) in [5.41, 5.74) is 0.341. The van der Waals surface area contributed by atoms with Gasteiger partial charge >= 0.3 is 0 Å². The van der Waals surface area contributed by atoms with E-state index < -0.39 is 0 Å². The van der Waals surface area contributed by atoms with Crippen molar-refractivity contribution in [3.63, 3.8) is 0 Å². The lowest BCUT2D eigenvalue weighted by Crippen LogP contribution is -2.30. The highest BCUT2D eigenvalue weighted by Gasteiger charge is 2.27. The second-order valence-electron chi connectivity index (χ2n) is 5.52. The first-order valence-electron chi connectivity index (χ1n) is 7.79. The number of nitrogens with one attached hydrogen (secondary N) is 1. The van der Waals surface area contributed by atoms with E-state index >= 15 is 0 Å². The molecule has 1 aliphatic heterocycles. The average molecular weight is 332 g/mol. The Morgan fingerprint density at radius 1 is 1.43 bits per heavy atom. The second-order valence-corrected chi connectivity index (χ2v) is 7.03. The largest absolute Gasteiger partial charge is 0.445 e. The van der Waals surface area contributed by atoms with Gasteiger partial charge in [-0.1, -0.05) is 25.1 Å². The Balaban J connectivity index is 1.54. The van der Waals surface area contributed by atoms with Crippen LogP contribution >= 0.6 is 11.8 Å². The van der Waals surface area contributed by atoms with E-state index in [2.05, 4.69) is 29.4 Å². The van der Waals surface area contributed by atoms with Gasteiger partial charge in [-0.3, -0.25) is 4.79 Å². The monoisotopic (exact) mass is 332 g/mol. The molecule has 1 aromatic carbocycles. The average Bonchev–Trinajstić information content (AvgIpc) is 3.24. The maximum absolute atomic E-state index is 12.3. The number of carbonyl (C=O) groups is 1. The van der Waals surface area contributed by atoms with E-state index in [-0.39, 0.29) is 17.3 Å². The fourth-order valence-corrected chi connectivity index (χ4v) is 3.48. The van der Waals surface area contributed by atoms with Crippen molar-refractivity contribution in [1.82, 2.24) is 10.3 Å². The summed E-state index contributed by atoms with van der Waals surface area (Å²) in [7, 11) is 0. The van der Waals surface area contributed by atoms with Gasteiger partial charge in [-0.05, 0) is 25.0 Å². The number of amides is 1. The zero-order valence-electron chi connectivity index (χ0n) is 13.0. The molecule has 1 aliphatic rings. The summed E-state index contributed by atoms with van der Waals surface area (Å²) in [5.74, 6) is 0.341. The van der Waals surface area contributed by atoms with Gasteiger partial charge in [-0.15, -0.1) is 11.8 Å². The molecule has 2 atom stereocenters. The molecule has 6 heteroatoms. The van der Waals surface area contributed by atoms with Gasteiger partial charge in [-0.25, -0.2) is 4.98 Å². The lowest BCUT2D eigenvalue weighted by atomic mass is 10.1. The number of oxazole rings is 1. The summed E-state index contributed by atoms with van der Waals surface area (Å²) in [6, 6.07) is 10.1. The Morgan fingerprint density at radius 2 is 2.26 bits per heavy atom. The molecule has 2 heterocycles. The summed E-state index contributed by atoms with van der Waals surface area (Å²) in [6.45, 7) is 3.36. The first-order chi connectivity index (χ1) is 11.2. The summed E-state index contributed by atoms with van der Waals surface area (Å²) >= 11 is 1.73. The van der Waals surface area contributed by atoms with Crippen LogP contribution in [0.3, 0.4) is 0 Å². The summed E-state index contributed by atoms with van der Waals surface area (Å²) in [4.78, 5) is 17.6. The van der Waals surface area contributed by atoms with Gasteiger partial charge in [0.1, 0.15) is 6.10 Å². The molecule has 1 aromatic heterocycles. The number of hydrogen-bond acceptors (Lipinski definition) is 5. The van der Waals surface area contributed by atoms with Gasteiger partial charge < -0.3 is 14.5 Å². The van der Waals surface area contributed by atoms with Gasteiger partial charge in [0.2, 0.25) is 0 Å². The van der Waals surface area contributed by atoms with Crippen molar-refractivity contribution in [2.45, 2.75) is 36.0 Å². The number of aromatic nitrogens is 1. The zero-order valence-corrected chi connectivity index (χ0v) is 13.8. The lowest BCUT2D eigenvalue weighted by molar-refractivity contribution is 0.0862. The smallest absolute Gasteiger partial charge is 0.273 e. The van der Waals surface area contributed by atoms with E-state index in [0.29, 0.717) is 24.6 Å². The molecule has 2 aromatic rings. The van der Waals surface area contributed by atoms with Crippen molar-refractivity contribution in [3.8, 4) is 0 Å². The molecule has 5 nitrogen and oxygen atoms in total. The highest BCUT2D eigenvalue weighted by atomic mass is 32.2. The number of hydrogen-bond donors (Lipinski definition) is 1. The van der Waals surface area contributed by atoms with Crippen molar-refractivity contribution in [3.05, 3.63) is 48.2 Å². The van der Waals surface area contributed by atoms with Crippen LogP contribution in [0.5, 0.6) is 0 Å². The van der Waals surface area contributed by atoms with E-state index in [1.165, 1.54) is 11.3 Å². The Morgan fingerprint density at radius 3 is 3.00 bits per heavy atom. The fourth-order valence-electron chi connectivity index (χ4n) is 2.53. The molecule has 3 rings (SSSR count). The standard InChI is InChI=1S/C17H20N2O3S/c1-12(23-13-6-3-2-4-7-13)10-18-17(20)15-16(22-11-19-15)14-8-5-9-21-14/h2-4,6-7,11-12,14H,5,8-10H2,1H3,(H,18,20). The molecule has 1 N–H and O–H groups in total. The third-order valence-corrected chi connectivity index (χ3v) is 4.78. The van der Waals surface area contributed by atoms with Gasteiger partial charge in [0.05, 0.1) is 0 Å². The highest BCUT2D eigenvalue weighted by Crippen LogP contribution is 2.30. The molecule has 0 spiro atoms. The first kappa shape index (κ1) is 16.1. The molecule has 122 valence electrons. The molecule has 0 aliphatic carbocycles. The molecule has 23 heavy (non-hydrogen) atoms. The predicted octanol–water partition coefficient (Wildman–Crippen LogP) is 3.44. The quantitative estimate of drug-likeness (QED) is 0.821. The van der Waals surface area contributed by atoms with Gasteiger partial charge in [-0.2, -0.15) is 0 Å². The summed E-state index contributed by atoms with van der Waals surface area (Å²) in [6.07, 6.45) is 3.02. The van der Waals surface area contributed by atoms with Crippen LogP contribution in [0.15, 0.2) is 46.0 Å². The molecular formula is C17H20N2O3S. The number of rotatable bonds is 6. The topological polar surface area (TPSA) is 64.4 Å². The van der Waals surface area contributed by atoms with Gasteiger partial charge in [0.25, 0.3) is 5.91 Å². The number of ether oxygens (including phenoxy) is 1. The van der Waals surface area contributed by atoms with Crippen LogP contribution in [0.2, 0.25) is 0 Å². The minimum Gasteiger partial charge on any atom is -0.445 e. The van der Waals surface area contributed by atoms with Crippen molar-refractivity contribution in [2.24, 2.45) is 0 Å². The van der Waals surface area contributed by atoms with Crippen molar-refractivity contribution < 1.29 is 13.9 Å². The first-order valence-corrected chi connectivity index (χ1v) is 8.67. The fraction of sp³-hybridized carbons (Fsp3) is 0.412. The van der Waals surface area contributed by atoms with Crippen LogP contribution in [0.1, 0.15) is 42.1 Å². The maximum atomic E-state index is 12.3. The Bertz CT molecular complexity index is 638. The van der Waals surface area contributed by atoms with E-state index in [4.69, 9.17) is 9.15 Å². The van der Waals surface area contributed by atoms with E-state index in [0.717, 1.165) is 12.8 Å². The summed E-state index contributed by atoms with van der Waals surface area (Å²) in [5, 5.41) is 3.19. The van der Waals surface area contributed by atoms with Crippen molar-refractivity contribution in [2.75, 3.05) is 13.2 Å². The third kappa shape index (κ3) is 4.14. The van der Waals surface area contributed by atoms with Crippen molar-refractivity contribution >= 4 is 17.7 Å². The molecule has 0 radical (unpaired) electrons. The van der Waals surface area contributed by atoms with Gasteiger partial charge in [0.15, 0.2) is 17.8 Å². The van der Waals surface area contributed by atoms with Crippen LogP contribution in [0.25, 0.3) is 0 Å². The number of thioether (sulfide) groups is 1. The summed E-state index contributed by atoms with van der Waals surface area (Å²) < 4.78 is 10.9. The van der Waals surface area contributed by atoms with E-state index in [1.54, 1.807) is 11.8 Å². The van der Waals surface area contributed by atoms with Crippen LogP contribution in [0.4, 0.5) is 0 Å². The number of benzene rings is 1. The van der Waals surface area contributed by atoms with E-state index in [9.17, 15) is 4.79 Å². The number of nitrogens with zero attached hydrogens (tertiary/aromatic N) is 1. The molecule has 2 unspecified atom stereocenters. The van der Waals surface area contributed by atoms with Crippen molar-refractivity contribution in [1.29, 1.82) is 0 Å². The van der Waals surface area contributed by atoms with Crippen LogP contribution in [-0.2, 0) is 4.74 Å². The van der Waals surface area contributed by atoms with E-state index in [1.807, 2.05) is 18.2 Å². The SMILES string of the molecule is CC(CNC(=O)c1ncoc1C1CCCO1)Sc1ccccc1. The highest BCUT2D eigenvalue weighted by molar-refractivity contribution is 8.00. The molecule has 1 amide bonds. The Labute approximate surface area is 139 Å². The van der Waals surface area contributed by atoms with Crippen LogP contribution in [-0.4, -0.2) is 29.3 Å². The second kappa shape index (κ2) is 7.66. The van der Waals surface area contributed by atoms with Crippen LogP contribution in [0, 0.1) is 0 Å². The van der Waals surface area contributed by atoms with Crippen LogP contribution < -0.4 is 5.32 Å². The molecule has 1 fully saturated rings. The maximum Gasteiger partial charge on any atom is 0.273 e. The predicted molar refractivity (Wildman–Crippen MR) is 88.5 cm³/mol. The molecule has 1 saturated heterocycles. The molecule has 0 bridgehead atoms. The zero-order chi connectivity index (χ0) is 16.1. The third-order valence-electron chi connectivity index (χ3n) is 3.66. The Hall–Kier alpha value is -1.79. The Kier molecular flexibility index (Phi) is 5.35. The molecule has 0 saturated carbocycles.